The van der Waals surface area contributed by atoms with Crippen molar-refractivity contribution < 1.29 is 9.59 Å². The minimum Gasteiger partial charge on any atom is -0.352 e. The first kappa shape index (κ1) is 26.2. The molecule has 2 aliphatic rings. The first-order chi connectivity index (χ1) is 18.8. The van der Waals surface area contributed by atoms with Crippen LogP contribution in [0.1, 0.15) is 56.9 Å². The molecule has 0 fully saturated rings. The summed E-state index contributed by atoms with van der Waals surface area (Å²) in [5, 5.41) is 3.91. The van der Waals surface area contributed by atoms with Gasteiger partial charge in [0.15, 0.2) is 5.78 Å². The average molecular weight is 596 g/mol. The molecule has 0 saturated heterocycles. The number of hydrogen-bond acceptors (Lipinski definition) is 2. The van der Waals surface area contributed by atoms with Gasteiger partial charge in [0, 0.05) is 33.8 Å². The van der Waals surface area contributed by atoms with Gasteiger partial charge >= 0.3 is 0 Å². The Kier molecular flexibility index (Phi) is 7.07. The highest BCUT2D eigenvalue weighted by Gasteiger charge is 2.27. The van der Waals surface area contributed by atoms with Crippen LogP contribution in [0, 0.1) is 0 Å². The zero-order valence-electron chi connectivity index (χ0n) is 20.6. The van der Waals surface area contributed by atoms with Crippen molar-refractivity contribution in [3.05, 3.63) is 108 Å². The van der Waals surface area contributed by atoms with Crippen LogP contribution >= 0.6 is 46.4 Å². The molecule has 2 aliphatic carbocycles. The van der Waals surface area contributed by atoms with Crippen molar-refractivity contribution in [3.8, 4) is 0 Å². The summed E-state index contributed by atoms with van der Waals surface area (Å²) in [5.41, 5.74) is 6.96. The molecule has 196 valence electrons. The molecule has 39 heavy (non-hydrogen) atoms. The number of allylic oxidation sites excluding steroid dienone is 1. The van der Waals surface area contributed by atoms with Gasteiger partial charge in [0.1, 0.15) is 0 Å². The van der Waals surface area contributed by atoms with Gasteiger partial charge in [-0.05, 0) is 72.7 Å². The molecule has 0 spiro atoms. The van der Waals surface area contributed by atoms with E-state index in [1.165, 1.54) is 0 Å². The molecular formula is C31H22Cl4N2O2. The van der Waals surface area contributed by atoms with Crippen LogP contribution in [0.15, 0.2) is 60.2 Å². The SMILES string of the molecule is O=C1/C(=C\c2ccccc2)CCc2c1[nH]c1ccc(Cl)c(Cl)c21.O=C1CCCc2c1[nH]c1ccc(Cl)c(Cl)c21. The van der Waals surface area contributed by atoms with E-state index in [2.05, 4.69) is 9.97 Å². The van der Waals surface area contributed by atoms with Crippen LogP contribution in [0.5, 0.6) is 0 Å². The largest absolute Gasteiger partial charge is 0.352 e. The lowest BCUT2D eigenvalue weighted by atomic mass is 9.89. The molecule has 8 heteroatoms. The number of rotatable bonds is 1. The number of ketones is 2. The van der Waals surface area contributed by atoms with E-state index < -0.39 is 0 Å². The molecule has 5 aromatic rings. The standard InChI is InChI=1S/C19H13Cl2NO.C12H9Cl2NO/c20-14-8-9-15-16(17(14)21)13-7-6-12(19(23)18(13)22-15)10-11-4-2-1-3-5-11;13-7-4-5-8-10(11(7)14)6-2-1-3-9(16)12(6)15-8/h1-5,8-10,22H,6-7H2;4-5,15H,1-3H2/b12-10-;. The number of aromatic amines is 2. The third-order valence-electron chi connectivity index (χ3n) is 7.33. The molecule has 0 amide bonds. The van der Waals surface area contributed by atoms with Crippen LogP contribution in [-0.4, -0.2) is 21.5 Å². The summed E-state index contributed by atoms with van der Waals surface area (Å²) < 4.78 is 0. The first-order valence-corrected chi connectivity index (χ1v) is 14.1. The Morgan fingerprint density at radius 3 is 1.87 bits per heavy atom. The predicted molar refractivity (Wildman–Crippen MR) is 161 cm³/mol. The average Bonchev–Trinajstić information content (AvgIpc) is 3.52. The summed E-state index contributed by atoms with van der Waals surface area (Å²) in [6.07, 6.45) is 5.84. The Labute approximate surface area is 244 Å². The predicted octanol–water partition coefficient (Wildman–Crippen LogP) is 9.68. The van der Waals surface area contributed by atoms with E-state index >= 15 is 0 Å². The smallest absolute Gasteiger partial charge is 0.205 e. The maximum absolute atomic E-state index is 12.8. The number of hydrogen-bond donors (Lipinski definition) is 2. The number of Topliss-reactive ketones (excluding diaryl/α,β-unsaturated/α-hetero) is 2. The Morgan fingerprint density at radius 1 is 0.641 bits per heavy atom. The number of carbonyl (C=O) groups is 2. The molecule has 0 radical (unpaired) electrons. The fourth-order valence-corrected chi connectivity index (χ4v) is 6.35. The number of H-pyrrole nitrogens is 2. The second kappa shape index (κ2) is 10.5. The van der Waals surface area contributed by atoms with E-state index in [1.54, 1.807) is 12.1 Å². The summed E-state index contributed by atoms with van der Waals surface area (Å²) in [4.78, 5) is 30.9. The fraction of sp³-hybridized carbons (Fsp3) is 0.161. The van der Waals surface area contributed by atoms with Gasteiger partial charge in [-0.1, -0.05) is 76.7 Å². The molecule has 0 unspecified atom stereocenters. The van der Waals surface area contributed by atoms with Crippen molar-refractivity contribution in [2.75, 3.05) is 0 Å². The fourth-order valence-electron chi connectivity index (χ4n) is 5.47. The molecule has 0 saturated carbocycles. The summed E-state index contributed by atoms with van der Waals surface area (Å²) in [6, 6.07) is 17.1. The van der Waals surface area contributed by atoms with Crippen molar-refractivity contribution in [3.63, 3.8) is 0 Å². The molecule has 4 nitrogen and oxygen atoms in total. The lowest BCUT2D eigenvalue weighted by molar-refractivity contribution is 0.0967. The number of aromatic nitrogens is 2. The quantitative estimate of drug-likeness (QED) is 0.189. The zero-order chi connectivity index (χ0) is 27.3. The van der Waals surface area contributed by atoms with Crippen LogP contribution in [0.3, 0.4) is 0 Å². The Bertz CT molecular complexity index is 1820. The molecule has 2 heterocycles. The van der Waals surface area contributed by atoms with Crippen LogP contribution in [0.25, 0.3) is 27.9 Å². The minimum absolute atomic E-state index is 0.0403. The van der Waals surface area contributed by atoms with Gasteiger partial charge in [0.25, 0.3) is 0 Å². The van der Waals surface area contributed by atoms with Gasteiger partial charge in [-0.2, -0.15) is 0 Å². The van der Waals surface area contributed by atoms with E-state index in [4.69, 9.17) is 46.4 Å². The number of benzene rings is 3. The number of halogens is 4. The molecule has 0 aliphatic heterocycles. The van der Waals surface area contributed by atoms with Crippen LogP contribution in [0.4, 0.5) is 0 Å². The number of fused-ring (bicyclic) bond motifs is 6. The minimum atomic E-state index is 0.0403. The number of nitrogens with one attached hydrogen (secondary N) is 2. The maximum atomic E-state index is 12.8. The third-order valence-corrected chi connectivity index (χ3v) is 8.94. The lowest BCUT2D eigenvalue weighted by Gasteiger charge is -2.14. The van der Waals surface area contributed by atoms with E-state index in [9.17, 15) is 9.59 Å². The van der Waals surface area contributed by atoms with Crippen molar-refractivity contribution >= 4 is 85.9 Å². The Hall–Kier alpha value is -3.02. The van der Waals surface area contributed by atoms with Crippen LogP contribution < -0.4 is 0 Å². The highest BCUT2D eigenvalue weighted by molar-refractivity contribution is 6.46. The monoisotopic (exact) mass is 594 g/mol. The van der Waals surface area contributed by atoms with Gasteiger partial charge in [-0.3, -0.25) is 9.59 Å². The Morgan fingerprint density at radius 2 is 1.23 bits per heavy atom. The number of aryl methyl sites for hydroxylation is 2. The van der Waals surface area contributed by atoms with E-state index in [1.807, 2.05) is 48.5 Å². The van der Waals surface area contributed by atoms with E-state index in [0.717, 1.165) is 63.3 Å². The Balaban J connectivity index is 0.000000151. The second-order valence-corrected chi connectivity index (χ2v) is 11.3. The van der Waals surface area contributed by atoms with Crippen molar-refractivity contribution in [1.82, 2.24) is 9.97 Å². The van der Waals surface area contributed by atoms with Gasteiger partial charge in [0.05, 0.1) is 31.5 Å². The highest BCUT2D eigenvalue weighted by atomic mass is 35.5. The zero-order valence-corrected chi connectivity index (χ0v) is 23.7. The topological polar surface area (TPSA) is 65.7 Å². The van der Waals surface area contributed by atoms with E-state index in [0.29, 0.717) is 44.3 Å². The molecule has 0 atom stereocenters. The highest BCUT2D eigenvalue weighted by Crippen LogP contribution is 2.39. The van der Waals surface area contributed by atoms with E-state index in [-0.39, 0.29) is 11.6 Å². The molecule has 2 aromatic heterocycles. The summed E-state index contributed by atoms with van der Waals surface area (Å²) >= 11 is 24.6. The molecule has 3 aromatic carbocycles. The van der Waals surface area contributed by atoms with Crippen LogP contribution in [0.2, 0.25) is 20.1 Å². The van der Waals surface area contributed by atoms with Crippen molar-refractivity contribution in [2.45, 2.75) is 32.1 Å². The third kappa shape index (κ3) is 4.70. The van der Waals surface area contributed by atoms with Crippen LogP contribution in [-0.2, 0) is 12.8 Å². The summed E-state index contributed by atoms with van der Waals surface area (Å²) in [6.45, 7) is 0. The van der Waals surface area contributed by atoms with Gasteiger partial charge < -0.3 is 9.97 Å². The molecule has 7 rings (SSSR count). The first-order valence-electron chi connectivity index (χ1n) is 12.6. The maximum Gasteiger partial charge on any atom is 0.205 e. The van der Waals surface area contributed by atoms with Gasteiger partial charge in [0.2, 0.25) is 5.78 Å². The lowest BCUT2D eigenvalue weighted by Crippen LogP contribution is -2.13. The second-order valence-electron chi connectivity index (χ2n) is 9.71. The molecule has 0 bridgehead atoms. The van der Waals surface area contributed by atoms with Gasteiger partial charge in [-0.15, -0.1) is 0 Å². The normalized spacial score (nSPS) is 15.8. The van der Waals surface area contributed by atoms with Crippen molar-refractivity contribution in [1.29, 1.82) is 0 Å². The molecular weight excluding hydrogens is 574 g/mol. The number of carbonyl (C=O) groups excluding carboxylic acids is 2. The molecule has 2 N–H and O–H groups in total. The summed E-state index contributed by atoms with van der Waals surface area (Å²) in [7, 11) is 0. The van der Waals surface area contributed by atoms with Gasteiger partial charge in [-0.25, -0.2) is 0 Å². The summed E-state index contributed by atoms with van der Waals surface area (Å²) in [5.74, 6) is 0.211. The van der Waals surface area contributed by atoms with Crippen molar-refractivity contribution in [2.24, 2.45) is 0 Å².